The molecule has 1 saturated heterocycles. The van der Waals surface area contributed by atoms with Crippen LogP contribution in [0.15, 0.2) is 24.3 Å². The maximum absolute atomic E-state index is 12.8. The molecule has 0 spiro atoms. The maximum atomic E-state index is 12.8. The van der Waals surface area contributed by atoms with Gasteiger partial charge in [-0.15, -0.1) is 0 Å². The van der Waals surface area contributed by atoms with Crippen LogP contribution in [0.4, 0.5) is 0 Å². The highest BCUT2D eigenvalue weighted by atomic mass is 16.5. The number of methoxy groups -OCH3 is 2. The molecule has 5 heteroatoms. The van der Waals surface area contributed by atoms with E-state index in [4.69, 9.17) is 9.47 Å². The van der Waals surface area contributed by atoms with E-state index in [1.54, 1.807) is 14.2 Å². The van der Waals surface area contributed by atoms with Crippen LogP contribution in [0.25, 0.3) is 0 Å². The van der Waals surface area contributed by atoms with Crippen LogP contribution in [0, 0.1) is 5.92 Å². The lowest BCUT2D eigenvalue weighted by atomic mass is 10.1. The number of ether oxygens (including phenoxy) is 2. The maximum Gasteiger partial charge on any atom is 0.226 e. The van der Waals surface area contributed by atoms with Crippen molar-refractivity contribution >= 4 is 5.91 Å². The summed E-state index contributed by atoms with van der Waals surface area (Å²) >= 11 is 0. The second-order valence-corrected chi connectivity index (χ2v) is 6.74. The van der Waals surface area contributed by atoms with Crippen molar-refractivity contribution in [2.45, 2.75) is 18.8 Å². The van der Waals surface area contributed by atoms with E-state index >= 15 is 0 Å². The highest BCUT2D eigenvalue weighted by Crippen LogP contribution is 2.48. The molecule has 0 bridgehead atoms. The van der Waals surface area contributed by atoms with Crippen molar-refractivity contribution in [1.82, 2.24) is 9.80 Å². The van der Waals surface area contributed by atoms with Gasteiger partial charge in [0.15, 0.2) is 0 Å². The Balaban J connectivity index is 1.52. The fourth-order valence-electron chi connectivity index (χ4n) is 3.56. The number of benzene rings is 1. The molecule has 2 aliphatic rings. The lowest BCUT2D eigenvalue weighted by molar-refractivity contribution is -0.132. The standard InChI is InChI=1S/C19H28N2O3/c1-23-13-12-20-8-3-9-21(11-10-20)19(22)18-14-17(18)15-4-6-16(24-2)7-5-15/h4-7,17-18H,3,8-14H2,1-2H3/t17-,18-/m1/s1. The van der Waals surface area contributed by atoms with E-state index in [0.717, 1.165) is 57.9 Å². The summed E-state index contributed by atoms with van der Waals surface area (Å²) in [7, 11) is 3.41. The van der Waals surface area contributed by atoms with Gasteiger partial charge in [-0.1, -0.05) is 12.1 Å². The van der Waals surface area contributed by atoms with E-state index in [2.05, 4.69) is 21.9 Å². The topological polar surface area (TPSA) is 42.0 Å². The molecule has 1 heterocycles. The molecule has 1 aromatic carbocycles. The van der Waals surface area contributed by atoms with Crippen molar-refractivity contribution < 1.29 is 14.3 Å². The summed E-state index contributed by atoms with van der Waals surface area (Å²) in [6, 6.07) is 8.14. The quantitative estimate of drug-likeness (QED) is 0.799. The Hall–Kier alpha value is -1.59. The van der Waals surface area contributed by atoms with E-state index in [0.29, 0.717) is 11.8 Å². The minimum absolute atomic E-state index is 0.170. The number of carbonyl (C=O) groups is 1. The van der Waals surface area contributed by atoms with Crippen molar-refractivity contribution in [1.29, 1.82) is 0 Å². The third kappa shape index (κ3) is 4.08. The highest BCUT2D eigenvalue weighted by molar-refractivity contribution is 5.83. The summed E-state index contributed by atoms with van der Waals surface area (Å²) < 4.78 is 10.4. The zero-order chi connectivity index (χ0) is 16.9. The molecule has 5 nitrogen and oxygen atoms in total. The molecule has 0 unspecified atom stereocenters. The van der Waals surface area contributed by atoms with Crippen LogP contribution in [-0.2, 0) is 9.53 Å². The minimum atomic E-state index is 0.170. The molecule has 0 radical (unpaired) electrons. The Kier molecular flexibility index (Phi) is 5.74. The molecule has 1 aliphatic carbocycles. The molecule has 1 saturated carbocycles. The molecule has 2 fully saturated rings. The third-order valence-corrected chi connectivity index (χ3v) is 5.16. The molecule has 0 N–H and O–H groups in total. The summed E-state index contributed by atoms with van der Waals surface area (Å²) in [6.07, 6.45) is 2.03. The molecular formula is C19H28N2O3. The summed E-state index contributed by atoms with van der Waals surface area (Å²) in [6.45, 7) is 5.45. The second-order valence-electron chi connectivity index (χ2n) is 6.74. The Morgan fingerprint density at radius 1 is 1.12 bits per heavy atom. The predicted molar refractivity (Wildman–Crippen MR) is 93.4 cm³/mol. The van der Waals surface area contributed by atoms with Crippen molar-refractivity contribution in [3.63, 3.8) is 0 Å². The van der Waals surface area contributed by atoms with Gasteiger partial charge in [-0.05, 0) is 43.0 Å². The Morgan fingerprint density at radius 3 is 2.62 bits per heavy atom. The van der Waals surface area contributed by atoms with Gasteiger partial charge >= 0.3 is 0 Å². The Labute approximate surface area is 144 Å². The van der Waals surface area contributed by atoms with Crippen molar-refractivity contribution in [3.05, 3.63) is 29.8 Å². The van der Waals surface area contributed by atoms with E-state index in [1.807, 2.05) is 12.1 Å². The molecule has 132 valence electrons. The molecular weight excluding hydrogens is 304 g/mol. The van der Waals surface area contributed by atoms with Crippen LogP contribution < -0.4 is 4.74 Å². The van der Waals surface area contributed by atoms with Crippen LogP contribution in [0.2, 0.25) is 0 Å². The van der Waals surface area contributed by atoms with Crippen LogP contribution in [-0.4, -0.2) is 69.3 Å². The van der Waals surface area contributed by atoms with Crippen LogP contribution in [0.5, 0.6) is 5.75 Å². The first-order valence-electron chi connectivity index (χ1n) is 8.87. The summed E-state index contributed by atoms with van der Waals surface area (Å²) in [4.78, 5) is 17.3. The van der Waals surface area contributed by atoms with Gasteiger partial charge in [0.25, 0.3) is 0 Å². The van der Waals surface area contributed by atoms with E-state index in [-0.39, 0.29) is 5.92 Å². The van der Waals surface area contributed by atoms with Gasteiger partial charge in [-0.3, -0.25) is 9.69 Å². The highest BCUT2D eigenvalue weighted by Gasteiger charge is 2.45. The molecule has 3 rings (SSSR count). The number of amides is 1. The second kappa shape index (κ2) is 7.99. The van der Waals surface area contributed by atoms with Gasteiger partial charge in [-0.25, -0.2) is 0 Å². The first-order chi connectivity index (χ1) is 11.7. The Bertz CT molecular complexity index is 546. The van der Waals surface area contributed by atoms with Crippen molar-refractivity contribution in [3.8, 4) is 5.75 Å². The lowest BCUT2D eigenvalue weighted by Gasteiger charge is -2.22. The number of carbonyl (C=O) groups excluding carboxylic acids is 1. The SMILES string of the molecule is COCCN1CCCN(C(=O)[C@@H]2C[C@@H]2c2ccc(OC)cc2)CC1. The molecule has 24 heavy (non-hydrogen) atoms. The van der Waals surface area contributed by atoms with Crippen LogP contribution in [0.1, 0.15) is 24.3 Å². The lowest BCUT2D eigenvalue weighted by Crippen LogP contribution is -2.37. The van der Waals surface area contributed by atoms with Gasteiger partial charge in [0, 0.05) is 39.2 Å². The zero-order valence-corrected chi connectivity index (χ0v) is 14.7. The van der Waals surface area contributed by atoms with Crippen LogP contribution >= 0.6 is 0 Å². The molecule has 0 aromatic heterocycles. The van der Waals surface area contributed by atoms with E-state index in [9.17, 15) is 4.79 Å². The van der Waals surface area contributed by atoms with Gasteiger partial charge < -0.3 is 14.4 Å². The monoisotopic (exact) mass is 332 g/mol. The third-order valence-electron chi connectivity index (χ3n) is 5.16. The molecule has 1 amide bonds. The van der Waals surface area contributed by atoms with Crippen molar-refractivity contribution in [2.24, 2.45) is 5.92 Å². The number of hydrogen-bond acceptors (Lipinski definition) is 4. The van der Waals surface area contributed by atoms with E-state index in [1.165, 1.54) is 5.56 Å². The smallest absolute Gasteiger partial charge is 0.226 e. The average Bonchev–Trinajstić information content (AvgIpc) is 3.43. The van der Waals surface area contributed by atoms with Gasteiger partial charge in [0.2, 0.25) is 5.91 Å². The molecule has 2 atom stereocenters. The zero-order valence-electron chi connectivity index (χ0n) is 14.7. The Morgan fingerprint density at radius 2 is 1.92 bits per heavy atom. The first kappa shape index (κ1) is 17.2. The van der Waals surface area contributed by atoms with Crippen LogP contribution in [0.3, 0.4) is 0 Å². The minimum Gasteiger partial charge on any atom is -0.497 e. The van der Waals surface area contributed by atoms with E-state index < -0.39 is 0 Å². The number of nitrogens with zero attached hydrogens (tertiary/aromatic N) is 2. The van der Waals surface area contributed by atoms with Gasteiger partial charge in [0.05, 0.1) is 13.7 Å². The average molecular weight is 332 g/mol. The summed E-state index contributed by atoms with van der Waals surface area (Å²) in [5, 5.41) is 0. The largest absolute Gasteiger partial charge is 0.497 e. The number of hydrogen-bond donors (Lipinski definition) is 0. The fraction of sp³-hybridized carbons (Fsp3) is 0.632. The normalized spacial score (nSPS) is 24.5. The molecule has 1 aliphatic heterocycles. The van der Waals surface area contributed by atoms with Crippen molar-refractivity contribution in [2.75, 3.05) is 53.6 Å². The van der Waals surface area contributed by atoms with Gasteiger partial charge in [0.1, 0.15) is 5.75 Å². The van der Waals surface area contributed by atoms with Gasteiger partial charge in [-0.2, -0.15) is 0 Å². The predicted octanol–water partition coefficient (Wildman–Crippen LogP) is 1.98. The first-order valence-corrected chi connectivity index (χ1v) is 8.87. The molecule has 1 aromatic rings. The number of rotatable bonds is 6. The summed E-state index contributed by atoms with van der Waals surface area (Å²) in [5.41, 5.74) is 1.26. The summed E-state index contributed by atoms with van der Waals surface area (Å²) in [5.74, 6) is 1.76. The fourth-order valence-corrected chi connectivity index (χ4v) is 3.56.